The highest BCUT2D eigenvalue weighted by molar-refractivity contribution is 7.90. The van der Waals surface area contributed by atoms with Crippen LogP contribution in [0, 0.1) is 0 Å². The topological polar surface area (TPSA) is 59.3 Å². The van der Waals surface area contributed by atoms with E-state index < -0.39 is 9.84 Å². The van der Waals surface area contributed by atoms with E-state index in [4.69, 9.17) is 4.42 Å². The van der Waals surface area contributed by atoms with Crippen molar-refractivity contribution in [1.82, 2.24) is 5.32 Å². The Bertz CT molecular complexity index is 409. The van der Waals surface area contributed by atoms with Crippen LogP contribution in [-0.4, -0.2) is 20.7 Å². The molecule has 0 fully saturated rings. The molecule has 0 radical (unpaired) electrons. The molecule has 0 saturated heterocycles. The fraction of sp³-hybridized carbons (Fsp3) is 0.636. The second-order valence-corrected chi connectivity index (χ2v) is 6.07. The summed E-state index contributed by atoms with van der Waals surface area (Å²) in [7, 11) is -3.00. The number of hydrogen-bond donors (Lipinski definition) is 1. The molecule has 0 spiro atoms. The van der Waals surface area contributed by atoms with Crippen LogP contribution in [0.2, 0.25) is 0 Å². The molecular formula is C11H19NO3S. The smallest absolute Gasteiger partial charge is 0.157 e. The van der Waals surface area contributed by atoms with Crippen LogP contribution in [0.3, 0.4) is 0 Å². The molecule has 16 heavy (non-hydrogen) atoms. The third-order valence-electron chi connectivity index (χ3n) is 2.25. The monoisotopic (exact) mass is 245 g/mol. The average Bonchev–Trinajstić information content (AvgIpc) is 2.65. The largest absolute Gasteiger partial charge is 0.464 e. The van der Waals surface area contributed by atoms with Crippen molar-refractivity contribution in [3.63, 3.8) is 0 Å². The van der Waals surface area contributed by atoms with Gasteiger partial charge in [-0.1, -0.05) is 13.8 Å². The van der Waals surface area contributed by atoms with Crippen LogP contribution in [0.1, 0.15) is 31.8 Å². The molecular weight excluding hydrogens is 226 g/mol. The van der Waals surface area contributed by atoms with E-state index in [1.165, 1.54) is 0 Å². The van der Waals surface area contributed by atoms with Crippen molar-refractivity contribution >= 4 is 9.84 Å². The average molecular weight is 245 g/mol. The van der Waals surface area contributed by atoms with Crippen molar-refractivity contribution in [2.24, 2.45) is 0 Å². The second-order valence-electron chi connectivity index (χ2n) is 3.72. The van der Waals surface area contributed by atoms with Crippen LogP contribution in [-0.2, 0) is 22.1 Å². The molecule has 0 saturated carbocycles. The zero-order valence-corrected chi connectivity index (χ0v) is 10.6. The Balaban J connectivity index is 2.52. The molecule has 1 N–H and O–H groups in total. The summed E-state index contributed by atoms with van der Waals surface area (Å²) in [6.07, 6.45) is 1.07. The number of nitrogens with one attached hydrogen (secondary N) is 1. The van der Waals surface area contributed by atoms with E-state index >= 15 is 0 Å². The van der Waals surface area contributed by atoms with Gasteiger partial charge in [-0.15, -0.1) is 0 Å². The summed E-state index contributed by atoms with van der Waals surface area (Å²) < 4.78 is 28.2. The second kappa shape index (κ2) is 6.06. The zero-order chi connectivity index (χ0) is 12.0. The fourth-order valence-corrected chi connectivity index (χ4v) is 2.09. The summed E-state index contributed by atoms with van der Waals surface area (Å²) in [5, 5.41) is 3.20. The van der Waals surface area contributed by atoms with Crippen molar-refractivity contribution in [2.45, 2.75) is 32.6 Å². The Hall–Kier alpha value is -0.810. The zero-order valence-electron chi connectivity index (χ0n) is 9.82. The molecule has 0 aliphatic rings. The molecule has 0 amide bonds. The lowest BCUT2D eigenvalue weighted by atomic mass is 10.4. The van der Waals surface area contributed by atoms with E-state index in [0.717, 1.165) is 18.7 Å². The molecule has 1 aromatic heterocycles. The van der Waals surface area contributed by atoms with Gasteiger partial charge < -0.3 is 9.73 Å². The van der Waals surface area contributed by atoms with Gasteiger partial charge in [0.25, 0.3) is 0 Å². The lowest BCUT2D eigenvalue weighted by Crippen LogP contribution is -2.13. The Morgan fingerprint density at radius 1 is 1.25 bits per heavy atom. The van der Waals surface area contributed by atoms with Crippen molar-refractivity contribution in [1.29, 1.82) is 0 Å². The Kier molecular flexibility index (Phi) is 5.02. The molecule has 0 aromatic carbocycles. The highest BCUT2D eigenvalue weighted by Gasteiger charge is 2.12. The molecule has 1 aromatic rings. The van der Waals surface area contributed by atoms with Crippen LogP contribution in [0.25, 0.3) is 0 Å². The predicted molar refractivity (Wildman–Crippen MR) is 63.9 cm³/mol. The van der Waals surface area contributed by atoms with E-state index in [1.807, 2.05) is 6.07 Å². The molecule has 0 atom stereocenters. The summed E-state index contributed by atoms with van der Waals surface area (Å²) in [6.45, 7) is 5.32. The molecule has 5 heteroatoms. The van der Waals surface area contributed by atoms with Gasteiger partial charge in [-0.2, -0.15) is 0 Å². The van der Waals surface area contributed by atoms with Crippen molar-refractivity contribution in [3.8, 4) is 0 Å². The van der Waals surface area contributed by atoms with Crippen molar-refractivity contribution < 1.29 is 12.8 Å². The van der Waals surface area contributed by atoms with Gasteiger partial charge in [0.05, 0.1) is 6.54 Å². The van der Waals surface area contributed by atoms with Crippen LogP contribution >= 0.6 is 0 Å². The summed E-state index contributed by atoms with van der Waals surface area (Å²) in [6, 6.07) is 3.55. The van der Waals surface area contributed by atoms with Gasteiger partial charge >= 0.3 is 0 Å². The molecule has 1 rings (SSSR count). The molecule has 0 aliphatic heterocycles. The van der Waals surface area contributed by atoms with Gasteiger partial charge in [0.1, 0.15) is 17.3 Å². The normalized spacial score (nSPS) is 11.9. The first-order valence-corrected chi connectivity index (χ1v) is 7.38. The molecule has 0 unspecified atom stereocenters. The molecule has 0 bridgehead atoms. The molecule has 92 valence electrons. The van der Waals surface area contributed by atoms with E-state index in [-0.39, 0.29) is 11.5 Å². The summed E-state index contributed by atoms with van der Waals surface area (Å²) in [4.78, 5) is 0. The van der Waals surface area contributed by atoms with E-state index in [9.17, 15) is 8.42 Å². The van der Waals surface area contributed by atoms with Crippen LogP contribution in [0.5, 0.6) is 0 Å². The number of hydrogen-bond acceptors (Lipinski definition) is 4. The maximum Gasteiger partial charge on any atom is 0.157 e. The van der Waals surface area contributed by atoms with Gasteiger partial charge in [-0.05, 0) is 25.1 Å². The fourth-order valence-electron chi connectivity index (χ4n) is 1.30. The Labute approximate surface area is 97.0 Å². The van der Waals surface area contributed by atoms with Gasteiger partial charge in [-0.3, -0.25) is 0 Å². The first-order chi connectivity index (χ1) is 7.57. The van der Waals surface area contributed by atoms with Gasteiger partial charge in [-0.25, -0.2) is 8.42 Å². The number of furan rings is 1. The molecule has 1 heterocycles. The SMILES string of the molecule is CCCNCc1ccc(CS(=O)(=O)CC)o1. The van der Waals surface area contributed by atoms with Crippen molar-refractivity contribution in [2.75, 3.05) is 12.3 Å². The summed E-state index contributed by atoms with van der Waals surface area (Å²) in [5.74, 6) is 1.46. The van der Waals surface area contributed by atoms with Gasteiger partial charge in [0.15, 0.2) is 9.84 Å². The lowest BCUT2D eigenvalue weighted by Gasteiger charge is -2.00. The minimum absolute atomic E-state index is 0.00270. The highest BCUT2D eigenvalue weighted by atomic mass is 32.2. The van der Waals surface area contributed by atoms with Crippen LogP contribution < -0.4 is 5.32 Å². The third-order valence-corrected chi connectivity index (χ3v) is 3.85. The van der Waals surface area contributed by atoms with Crippen LogP contribution in [0.15, 0.2) is 16.5 Å². The standard InChI is InChI=1S/C11H19NO3S/c1-3-7-12-8-10-5-6-11(15-10)9-16(13,14)4-2/h5-6,12H,3-4,7-9H2,1-2H3. The molecule has 4 nitrogen and oxygen atoms in total. The Morgan fingerprint density at radius 2 is 1.94 bits per heavy atom. The highest BCUT2D eigenvalue weighted by Crippen LogP contribution is 2.11. The number of rotatable bonds is 7. The van der Waals surface area contributed by atoms with Gasteiger partial charge in [0.2, 0.25) is 0 Å². The van der Waals surface area contributed by atoms with E-state index in [0.29, 0.717) is 12.3 Å². The first kappa shape index (κ1) is 13.3. The maximum atomic E-state index is 11.4. The maximum absolute atomic E-state index is 11.4. The minimum atomic E-state index is -3.00. The van der Waals surface area contributed by atoms with Crippen LogP contribution in [0.4, 0.5) is 0 Å². The van der Waals surface area contributed by atoms with Gasteiger partial charge in [0, 0.05) is 5.75 Å². The Morgan fingerprint density at radius 3 is 2.56 bits per heavy atom. The van der Waals surface area contributed by atoms with Crippen molar-refractivity contribution in [3.05, 3.63) is 23.7 Å². The minimum Gasteiger partial charge on any atom is -0.464 e. The first-order valence-electron chi connectivity index (χ1n) is 5.56. The number of sulfone groups is 1. The third kappa shape index (κ3) is 4.37. The van der Waals surface area contributed by atoms with E-state index in [1.54, 1.807) is 13.0 Å². The van der Waals surface area contributed by atoms with E-state index in [2.05, 4.69) is 12.2 Å². The molecule has 0 aliphatic carbocycles. The summed E-state index contributed by atoms with van der Waals surface area (Å²) in [5.41, 5.74) is 0. The lowest BCUT2D eigenvalue weighted by molar-refractivity contribution is 0.456. The predicted octanol–water partition coefficient (Wildman–Crippen LogP) is 1.71. The summed E-state index contributed by atoms with van der Waals surface area (Å²) >= 11 is 0. The quantitative estimate of drug-likeness (QED) is 0.743.